The number of ether oxygens (including phenoxy) is 3. The zero-order valence-corrected chi connectivity index (χ0v) is 43.8. The van der Waals surface area contributed by atoms with Gasteiger partial charge >= 0.3 is 20.9 Å². The molecule has 8 rings (SSSR count). The van der Waals surface area contributed by atoms with Gasteiger partial charge in [-0.15, -0.1) is 9.42 Å². The van der Waals surface area contributed by atoms with E-state index in [1.165, 1.54) is 44.5 Å². The van der Waals surface area contributed by atoms with E-state index in [9.17, 15) is 28.9 Å². The third-order valence-electron chi connectivity index (χ3n) is 13.1. The quantitative estimate of drug-likeness (QED) is 0.0349. The molecule has 2 unspecified atom stereocenters. The number of hydrogen-bond donors (Lipinski definition) is 2. The molecule has 0 saturated carbocycles. The Morgan fingerprint density at radius 3 is 2.46 bits per heavy atom. The lowest BCUT2D eigenvalue weighted by atomic mass is 10.1. The monoisotopic (exact) mass is 1070 g/mol. The van der Waals surface area contributed by atoms with Crippen LogP contribution in [-0.4, -0.2) is 140 Å². The summed E-state index contributed by atoms with van der Waals surface area (Å²) in [6.45, 7) is 13.3. The maximum Gasteiger partial charge on any atom is 0.695 e. The minimum absolute atomic E-state index is 0.0380. The van der Waals surface area contributed by atoms with Crippen molar-refractivity contribution >= 4 is 75.0 Å². The zero-order chi connectivity index (χ0) is 51.7. The molecule has 2 saturated heterocycles. The predicted molar refractivity (Wildman–Crippen MR) is 261 cm³/mol. The third kappa shape index (κ3) is 11.0. The second-order valence-electron chi connectivity index (χ2n) is 18.7. The smallest absolute Gasteiger partial charge is 0.460 e. The molecular weight excluding hydrogens is 1020 g/mol. The molecule has 72 heavy (non-hydrogen) atoms. The van der Waals surface area contributed by atoms with Crippen molar-refractivity contribution in [3.8, 4) is 0 Å². The molecule has 5 aromatic rings. The molecule has 0 bridgehead atoms. The van der Waals surface area contributed by atoms with E-state index in [2.05, 4.69) is 24.8 Å². The number of aromatic nitrogens is 7. The Hall–Kier alpha value is -4.84. The first-order chi connectivity index (χ1) is 34.3. The molecule has 23 nitrogen and oxygen atoms in total. The minimum atomic E-state index is -4.18. The predicted octanol–water partition coefficient (Wildman–Crippen LogP) is 5.31. The average molecular weight is 1080 g/mol. The van der Waals surface area contributed by atoms with Crippen LogP contribution in [0.2, 0.25) is 18.1 Å². The number of alkyl halides is 1. The summed E-state index contributed by atoms with van der Waals surface area (Å²) in [6.07, 6.45) is -4.83. The van der Waals surface area contributed by atoms with Crippen molar-refractivity contribution < 1.29 is 65.3 Å². The van der Waals surface area contributed by atoms with Gasteiger partial charge in [-0.2, -0.15) is 0 Å². The molecule has 3 aliphatic rings. The minimum Gasteiger partial charge on any atom is -0.460 e. The van der Waals surface area contributed by atoms with Crippen LogP contribution in [0.1, 0.15) is 62.5 Å². The molecule has 2 N–H and O–H groups in total. The van der Waals surface area contributed by atoms with Crippen LogP contribution in [0.4, 0.5) is 10.2 Å². The molecule has 2 fully saturated rings. The SMILES string of the molecule is [C-]#[N+]CCOP(=S)(OC[C@H]1O[C@@H](n2cc3c4c(ncnc42)N(C(C)=O)CCC3)[C@@H](F)[C@@H]1O[P+](=O)O)O[C@@H]1[C@H](O[Si](C)(C)C(C)(C)C)[C@@H](CO)O[C@H]1n1cnc2c(=O)n(CCOC(=O)c3ccccc3)cnc21. The number of aliphatic hydroxyl groups excluding tert-OH is 1. The molecule has 0 radical (unpaired) electrons. The summed E-state index contributed by atoms with van der Waals surface area (Å²) in [4.78, 5) is 71.6. The first-order valence-corrected chi connectivity index (χ1v) is 29.6. The zero-order valence-electron chi connectivity index (χ0n) is 40.2. The van der Waals surface area contributed by atoms with Crippen molar-refractivity contribution in [2.24, 2.45) is 0 Å². The normalized spacial score (nSPS) is 24.6. The Kier molecular flexibility index (Phi) is 16.3. The molecule has 0 spiro atoms. The summed E-state index contributed by atoms with van der Waals surface area (Å²) in [6, 6.07) is 8.39. The van der Waals surface area contributed by atoms with Gasteiger partial charge in [0.1, 0.15) is 61.7 Å². The highest BCUT2D eigenvalue weighted by Gasteiger charge is 2.55. The number of carbonyl (C=O) groups is 2. The number of fused-ring (bicyclic) bond motifs is 1. The first kappa shape index (κ1) is 53.4. The van der Waals surface area contributed by atoms with Crippen molar-refractivity contribution in [1.82, 2.24) is 33.6 Å². The van der Waals surface area contributed by atoms with Crippen LogP contribution < -0.4 is 10.5 Å². The van der Waals surface area contributed by atoms with Crippen LogP contribution in [0.25, 0.3) is 27.0 Å². The number of carbonyl (C=O) groups excluding carboxylic acids is 2. The molecule has 1 amide bonds. The van der Waals surface area contributed by atoms with Gasteiger partial charge < -0.3 is 42.2 Å². The molecule has 0 aliphatic carbocycles. The molecule has 386 valence electrons. The van der Waals surface area contributed by atoms with Crippen molar-refractivity contribution in [3.05, 3.63) is 88.4 Å². The lowest BCUT2D eigenvalue weighted by Crippen LogP contribution is -2.50. The lowest BCUT2D eigenvalue weighted by Gasteiger charge is -2.41. The fraction of sp³-hybridized carbons (Fsp3) is 0.545. The number of esters is 1. The molecule has 28 heteroatoms. The number of hydrogen-bond acceptors (Lipinski definition) is 18. The topological polar surface area (TPSA) is 257 Å². The van der Waals surface area contributed by atoms with Crippen LogP contribution in [0, 0.1) is 6.57 Å². The number of aliphatic hydroxyl groups is 1. The van der Waals surface area contributed by atoms with Gasteiger partial charge in [-0.3, -0.25) is 28.1 Å². The van der Waals surface area contributed by atoms with E-state index in [4.69, 9.17) is 55.1 Å². The highest BCUT2D eigenvalue weighted by molar-refractivity contribution is 8.07. The van der Waals surface area contributed by atoms with E-state index < -0.39 is 97.2 Å². The van der Waals surface area contributed by atoms with Gasteiger partial charge in [0, 0.05) is 24.2 Å². The lowest BCUT2D eigenvalue weighted by molar-refractivity contribution is -0.116. The summed E-state index contributed by atoms with van der Waals surface area (Å²) >= 11 is 6.06. The highest BCUT2D eigenvalue weighted by atomic mass is 32.5. The molecular formula is C44H55FN9O14P2SSi+. The Balaban J connectivity index is 1.10. The summed E-state index contributed by atoms with van der Waals surface area (Å²) in [5.41, 5.74) is 0.758. The maximum absolute atomic E-state index is 16.8. The van der Waals surface area contributed by atoms with Gasteiger partial charge in [-0.25, -0.2) is 35.7 Å². The number of rotatable bonds is 19. The number of halogens is 1. The largest absolute Gasteiger partial charge is 0.695 e. The van der Waals surface area contributed by atoms with E-state index in [0.717, 1.165) is 5.56 Å². The fourth-order valence-corrected chi connectivity index (χ4v) is 12.3. The van der Waals surface area contributed by atoms with E-state index >= 15 is 4.39 Å². The number of anilines is 1. The highest BCUT2D eigenvalue weighted by Crippen LogP contribution is 2.56. The Morgan fingerprint density at radius 1 is 1.01 bits per heavy atom. The summed E-state index contributed by atoms with van der Waals surface area (Å²) in [5.74, 6) is -0.439. The number of nitrogens with zero attached hydrogens (tertiary/aromatic N) is 9. The second kappa shape index (κ2) is 21.9. The van der Waals surface area contributed by atoms with E-state index in [1.807, 2.05) is 33.9 Å². The van der Waals surface area contributed by atoms with E-state index in [1.54, 1.807) is 36.5 Å². The van der Waals surface area contributed by atoms with Gasteiger partial charge in [-0.1, -0.05) is 39.0 Å². The molecule has 3 aliphatic heterocycles. The molecule has 10 atom stereocenters. The number of imidazole rings is 1. The van der Waals surface area contributed by atoms with Crippen molar-refractivity contribution in [3.63, 3.8) is 0 Å². The van der Waals surface area contributed by atoms with Crippen LogP contribution in [0.5, 0.6) is 0 Å². The molecule has 1 aromatic carbocycles. The van der Waals surface area contributed by atoms with Crippen LogP contribution >= 0.6 is 15.0 Å². The molecule has 4 aromatic heterocycles. The van der Waals surface area contributed by atoms with Crippen molar-refractivity contribution in [2.45, 2.75) is 114 Å². The van der Waals surface area contributed by atoms with Crippen LogP contribution in [0.15, 0.2) is 60.3 Å². The Morgan fingerprint density at radius 2 is 1.76 bits per heavy atom. The first-order valence-electron chi connectivity index (χ1n) is 23.0. The molecule has 7 heterocycles. The van der Waals surface area contributed by atoms with Crippen LogP contribution in [-0.2, 0) is 70.9 Å². The summed E-state index contributed by atoms with van der Waals surface area (Å²) < 4.78 is 82.6. The van der Waals surface area contributed by atoms with Gasteiger partial charge in [0.05, 0.1) is 37.0 Å². The summed E-state index contributed by atoms with van der Waals surface area (Å²) in [7, 11) is -6.14. The number of benzene rings is 1. The Bertz CT molecular complexity index is 2970. The standard InChI is InChI=1S/C44H54FN9O14P2SSi/c1-26(56)52-16-11-14-28-20-53(38-31(28)37(52)47-23-48-38)41-32(45)34(66-69(59)60)30(65-41)22-63-70(71,62-18-15-46-5)67-36-35(68-72(6,7)44(2,3)4)29(21-55)64-42(36)54-25-49-33-39(54)50-24-51(40(33)57)17-19-61-43(58)27-12-9-8-10-13-27/h8-10,12-13,20,23-25,29-30,32,34-36,41-42,55H,11,14-19,21-22H2,1-4,6-7H3/p+1/t29-,30-,32+,34-,35-,36-,41-,42-,70?/m1/s1. The van der Waals surface area contributed by atoms with Crippen LogP contribution in [0.3, 0.4) is 0 Å². The third-order valence-corrected chi connectivity index (χ3v) is 20.3. The van der Waals surface area contributed by atoms with E-state index in [-0.39, 0.29) is 54.1 Å². The second-order valence-corrected chi connectivity index (χ2v) is 27.1. The number of aryl methyl sites for hydroxylation is 1. The van der Waals surface area contributed by atoms with Gasteiger partial charge in [0.15, 0.2) is 44.2 Å². The van der Waals surface area contributed by atoms with Gasteiger partial charge in [-0.05, 0) is 60.5 Å². The van der Waals surface area contributed by atoms with Crippen molar-refractivity contribution in [2.75, 3.05) is 44.4 Å². The number of amides is 1. The van der Waals surface area contributed by atoms with Gasteiger partial charge in [0.25, 0.3) is 5.56 Å². The summed E-state index contributed by atoms with van der Waals surface area (Å²) in [5, 5.41) is 11.0. The average Bonchev–Trinajstić information content (AvgIpc) is 4.06. The maximum atomic E-state index is 16.8. The van der Waals surface area contributed by atoms with Gasteiger partial charge in [0.2, 0.25) is 12.5 Å². The van der Waals surface area contributed by atoms with Crippen molar-refractivity contribution in [1.29, 1.82) is 0 Å². The Labute approximate surface area is 419 Å². The van der Waals surface area contributed by atoms with E-state index in [0.29, 0.717) is 36.2 Å². The fourth-order valence-electron chi connectivity index (χ4n) is 8.50.